The Balaban J connectivity index is 1.91. The highest BCUT2D eigenvalue weighted by molar-refractivity contribution is 9.10. The van der Waals surface area contributed by atoms with Crippen molar-refractivity contribution in [2.24, 2.45) is 5.73 Å². The number of nitrogens with one attached hydrogen (secondary N) is 1. The standard InChI is InChI=1S/C26H24BrN3O4/c1-3-34-24(32)22-23(28)30(16-7-4-6-15(27)13-16)19-8-5-9-20(31)21(19)26(22)17-12-14(2)10-11-18(17)29-25(26)33/h4,6-7,10-13H,3,5,8-9,28H2,1-2H3,(H,29,33). The van der Waals surface area contributed by atoms with E-state index in [0.717, 1.165) is 10.0 Å². The van der Waals surface area contributed by atoms with Gasteiger partial charge in [-0.2, -0.15) is 0 Å². The van der Waals surface area contributed by atoms with Gasteiger partial charge < -0.3 is 15.8 Å². The number of nitrogens with zero attached hydrogens (tertiary/aromatic N) is 1. The van der Waals surface area contributed by atoms with E-state index in [1.54, 1.807) is 17.9 Å². The minimum Gasteiger partial charge on any atom is -0.462 e. The van der Waals surface area contributed by atoms with Crippen LogP contribution in [0.3, 0.4) is 0 Å². The van der Waals surface area contributed by atoms with Gasteiger partial charge in [0.05, 0.1) is 6.61 Å². The number of nitrogens with two attached hydrogens (primary N) is 1. The van der Waals surface area contributed by atoms with E-state index >= 15 is 0 Å². The first-order valence-electron chi connectivity index (χ1n) is 11.2. The van der Waals surface area contributed by atoms with Crippen LogP contribution in [-0.2, 0) is 24.5 Å². The molecule has 1 atom stereocenters. The summed E-state index contributed by atoms with van der Waals surface area (Å²) < 4.78 is 6.25. The van der Waals surface area contributed by atoms with Crippen LogP contribution in [0.2, 0.25) is 0 Å². The van der Waals surface area contributed by atoms with E-state index < -0.39 is 17.3 Å². The molecule has 2 aromatic carbocycles. The number of Topliss-reactive ketones (excluding diaryl/α,β-unsaturated/α-hetero) is 1. The molecular weight excluding hydrogens is 498 g/mol. The van der Waals surface area contributed by atoms with Crippen molar-refractivity contribution < 1.29 is 19.1 Å². The lowest BCUT2D eigenvalue weighted by molar-refractivity contribution is -0.140. The number of hydrogen-bond acceptors (Lipinski definition) is 6. The zero-order valence-corrected chi connectivity index (χ0v) is 20.5. The van der Waals surface area contributed by atoms with E-state index in [-0.39, 0.29) is 30.2 Å². The summed E-state index contributed by atoms with van der Waals surface area (Å²) in [6.07, 6.45) is 1.46. The zero-order valence-electron chi connectivity index (χ0n) is 18.9. The smallest absolute Gasteiger partial charge is 0.339 e. The number of esters is 1. The van der Waals surface area contributed by atoms with Crippen molar-refractivity contribution in [2.45, 2.75) is 38.5 Å². The molecule has 1 amide bonds. The Kier molecular flexibility index (Phi) is 5.36. The summed E-state index contributed by atoms with van der Waals surface area (Å²) in [5.41, 5.74) is 8.73. The van der Waals surface area contributed by atoms with E-state index in [1.807, 2.05) is 43.3 Å². The number of halogens is 1. The molecule has 3 aliphatic rings. The summed E-state index contributed by atoms with van der Waals surface area (Å²) >= 11 is 3.49. The number of hydrogen-bond donors (Lipinski definition) is 2. The van der Waals surface area contributed by atoms with Crippen LogP contribution in [0.4, 0.5) is 11.4 Å². The van der Waals surface area contributed by atoms with Gasteiger partial charge in [0.25, 0.3) is 0 Å². The fraction of sp³-hybridized carbons (Fsp3) is 0.269. The van der Waals surface area contributed by atoms with Gasteiger partial charge in [0.15, 0.2) is 5.78 Å². The molecule has 1 unspecified atom stereocenters. The third kappa shape index (κ3) is 3.05. The number of ether oxygens (including phenoxy) is 1. The highest BCUT2D eigenvalue weighted by atomic mass is 79.9. The molecule has 0 bridgehead atoms. The van der Waals surface area contributed by atoms with Crippen LogP contribution in [0.5, 0.6) is 0 Å². The van der Waals surface area contributed by atoms with Crippen molar-refractivity contribution >= 4 is 45.0 Å². The molecule has 8 heteroatoms. The fourth-order valence-corrected chi connectivity index (χ4v) is 5.72. The van der Waals surface area contributed by atoms with Gasteiger partial charge >= 0.3 is 5.97 Å². The number of aryl methyl sites for hydroxylation is 1. The molecule has 34 heavy (non-hydrogen) atoms. The highest BCUT2D eigenvalue weighted by Crippen LogP contribution is 2.55. The quantitative estimate of drug-likeness (QED) is 0.586. The second kappa shape index (κ2) is 8.13. The summed E-state index contributed by atoms with van der Waals surface area (Å²) in [4.78, 5) is 42.7. The normalized spacial score (nSPS) is 21.6. The molecule has 0 radical (unpaired) electrons. The number of fused-ring (bicyclic) bond motifs is 3. The third-order valence-electron chi connectivity index (χ3n) is 6.62. The summed E-state index contributed by atoms with van der Waals surface area (Å²) in [6, 6.07) is 13.0. The SMILES string of the molecule is CCOC(=O)C1=C(N)N(c2cccc(Br)c2)C2=C(C(=O)CCC2)C12C(=O)Nc1ccc(C)cc12. The molecule has 2 aromatic rings. The van der Waals surface area contributed by atoms with Gasteiger partial charge in [-0.1, -0.05) is 39.7 Å². The first kappa shape index (κ1) is 22.4. The number of carbonyl (C=O) groups excluding carboxylic acids is 3. The molecule has 0 aromatic heterocycles. The van der Waals surface area contributed by atoms with Gasteiger partial charge in [0, 0.05) is 39.1 Å². The fourth-order valence-electron chi connectivity index (χ4n) is 5.33. The van der Waals surface area contributed by atoms with E-state index in [9.17, 15) is 14.4 Å². The maximum atomic E-state index is 13.9. The monoisotopic (exact) mass is 521 g/mol. The van der Waals surface area contributed by atoms with Crippen molar-refractivity contribution in [3.05, 3.63) is 80.7 Å². The second-order valence-corrected chi connectivity index (χ2v) is 9.56. The molecule has 0 fully saturated rings. The Hall–Kier alpha value is -3.39. The Bertz CT molecular complexity index is 1330. The molecule has 1 spiro atoms. The zero-order chi connectivity index (χ0) is 24.2. The Morgan fingerprint density at radius 3 is 2.74 bits per heavy atom. The maximum absolute atomic E-state index is 13.9. The highest BCUT2D eigenvalue weighted by Gasteiger charge is 2.62. The van der Waals surface area contributed by atoms with Crippen LogP contribution >= 0.6 is 15.9 Å². The summed E-state index contributed by atoms with van der Waals surface area (Å²) in [5.74, 6) is -1.25. The first-order chi connectivity index (χ1) is 16.3. The number of anilines is 2. The molecule has 2 aliphatic heterocycles. The molecule has 3 N–H and O–H groups in total. The van der Waals surface area contributed by atoms with Crippen LogP contribution in [-0.4, -0.2) is 24.3 Å². The number of rotatable bonds is 3. The van der Waals surface area contributed by atoms with Crippen LogP contribution < -0.4 is 16.0 Å². The third-order valence-corrected chi connectivity index (χ3v) is 7.11. The molecule has 5 rings (SSSR count). The van der Waals surface area contributed by atoms with Crippen LogP contribution in [0.25, 0.3) is 0 Å². The van der Waals surface area contributed by atoms with Gasteiger partial charge in [-0.3, -0.25) is 14.5 Å². The largest absolute Gasteiger partial charge is 0.462 e. The minimum absolute atomic E-state index is 0.0230. The van der Waals surface area contributed by atoms with Crippen molar-refractivity contribution in [1.82, 2.24) is 0 Å². The van der Waals surface area contributed by atoms with Crippen LogP contribution in [0.15, 0.2) is 69.6 Å². The number of allylic oxidation sites excluding steroid dienone is 1. The summed E-state index contributed by atoms with van der Waals surface area (Å²) in [7, 11) is 0. The van der Waals surface area contributed by atoms with Crippen LogP contribution in [0.1, 0.15) is 37.3 Å². The van der Waals surface area contributed by atoms with Crippen molar-refractivity contribution in [2.75, 3.05) is 16.8 Å². The average Bonchev–Trinajstić information content (AvgIpc) is 3.06. The molecule has 0 saturated carbocycles. The Labute approximate surface area is 205 Å². The predicted molar refractivity (Wildman–Crippen MR) is 132 cm³/mol. The molecule has 7 nitrogen and oxygen atoms in total. The lowest BCUT2D eigenvalue weighted by Crippen LogP contribution is -2.53. The average molecular weight is 522 g/mol. The lowest BCUT2D eigenvalue weighted by atomic mass is 9.63. The Morgan fingerprint density at radius 1 is 1.21 bits per heavy atom. The lowest BCUT2D eigenvalue weighted by Gasteiger charge is -2.44. The Morgan fingerprint density at radius 2 is 2.00 bits per heavy atom. The number of amides is 1. The van der Waals surface area contributed by atoms with Gasteiger partial charge in [0.1, 0.15) is 16.8 Å². The second-order valence-electron chi connectivity index (χ2n) is 8.65. The van der Waals surface area contributed by atoms with Gasteiger partial charge in [-0.25, -0.2) is 4.79 Å². The summed E-state index contributed by atoms with van der Waals surface area (Å²) in [5, 5.41) is 2.90. The molecular formula is C26H24BrN3O4. The van der Waals surface area contributed by atoms with E-state index in [4.69, 9.17) is 10.5 Å². The molecule has 174 valence electrons. The molecule has 2 heterocycles. The number of carbonyl (C=O) groups is 3. The number of ketones is 1. The van der Waals surface area contributed by atoms with Gasteiger partial charge in [0.2, 0.25) is 5.91 Å². The van der Waals surface area contributed by atoms with Crippen molar-refractivity contribution in [3.8, 4) is 0 Å². The number of benzene rings is 2. The first-order valence-corrected chi connectivity index (χ1v) is 12.0. The van der Waals surface area contributed by atoms with E-state index in [0.29, 0.717) is 41.1 Å². The van der Waals surface area contributed by atoms with E-state index in [2.05, 4.69) is 21.2 Å². The van der Waals surface area contributed by atoms with Gasteiger partial charge in [-0.15, -0.1) is 0 Å². The van der Waals surface area contributed by atoms with Gasteiger partial charge in [-0.05, 0) is 51.0 Å². The minimum atomic E-state index is -1.66. The van der Waals surface area contributed by atoms with Crippen molar-refractivity contribution in [3.63, 3.8) is 0 Å². The molecule has 0 saturated heterocycles. The topological polar surface area (TPSA) is 102 Å². The maximum Gasteiger partial charge on any atom is 0.339 e. The van der Waals surface area contributed by atoms with Crippen LogP contribution in [0, 0.1) is 6.92 Å². The van der Waals surface area contributed by atoms with Crippen molar-refractivity contribution in [1.29, 1.82) is 0 Å². The predicted octanol–water partition coefficient (Wildman–Crippen LogP) is 4.21. The van der Waals surface area contributed by atoms with E-state index in [1.165, 1.54) is 0 Å². The molecule has 1 aliphatic carbocycles. The summed E-state index contributed by atoms with van der Waals surface area (Å²) in [6.45, 7) is 3.70.